The summed E-state index contributed by atoms with van der Waals surface area (Å²) in [5.41, 5.74) is 3.16. The Hall–Kier alpha value is -1.92. The molecule has 0 radical (unpaired) electrons. The Morgan fingerprint density at radius 3 is 2.71 bits per heavy atom. The van der Waals surface area contributed by atoms with Crippen molar-refractivity contribution in [1.82, 2.24) is 4.98 Å². The van der Waals surface area contributed by atoms with Gasteiger partial charge in [0.05, 0.1) is 10.1 Å². The fourth-order valence-corrected chi connectivity index (χ4v) is 3.18. The van der Waals surface area contributed by atoms with Crippen molar-refractivity contribution in [3.05, 3.63) is 42.2 Å². The predicted octanol–water partition coefficient (Wildman–Crippen LogP) is 1.85. The second kappa shape index (κ2) is 5.13. The molecule has 0 aliphatic heterocycles. The lowest BCUT2D eigenvalue weighted by molar-refractivity contribution is -0.701. The van der Waals surface area contributed by atoms with Gasteiger partial charge >= 0.3 is 0 Å². The van der Waals surface area contributed by atoms with Crippen molar-refractivity contribution in [1.29, 1.82) is 0 Å². The lowest BCUT2D eigenvalue weighted by atomic mass is 10.1. The van der Waals surface area contributed by atoms with Gasteiger partial charge in [-0.1, -0.05) is 18.2 Å². The zero-order valence-electron chi connectivity index (χ0n) is 11.7. The second-order valence-electron chi connectivity index (χ2n) is 5.17. The molecule has 0 saturated carbocycles. The largest absolute Gasteiger partial charge is 0.748 e. The second-order valence-corrected chi connectivity index (χ2v) is 6.69. The number of hydrogen-bond donors (Lipinski definition) is 1. The Labute approximate surface area is 123 Å². The molecule has 0 atom stereocenters. The molecule has 3 aromatic rings. The standard InChI is InChI=1S/C15H16N2O3S/c1-11-15-13(12-5-2-3-6-14(12)16-15)7-9-17(11)8-4-10-21(18,19)20/h2-3,5-7,9H,4,8,10H2,1H3,(H,18,19,20). The molecule has 0 fully saturated rings. The molecule has 0 aliphatic carbocycles. The Morgan fingerprint density at radius 1 is 1.19 bits per heavy atom. The number of rotatable bonds is 4. The first-order chi connectivity index (χ1) is 9.96. The van der Waals surface area contributed by atoms with Crippen LogP contribution in [0.4, 0.5) is 0 Å². The van der Waals surface area contributed by atoms with Crippen molar-refractivity contribution >= 4 is 31.9 Å². The molecule has 0 saturated heterocycles. The van der Waals surface area contributed by atoms with E-state index in [9.17, 15) is 13.0 Å². The topological polar surface area (TPSA) is 76.9 Å². The monoisotopic (exact) mass is 304 g/mol. The molecular formula is C15H16N2O3S. The Balaban J connectivity index is 1.98. The summed E-state index contributed by atoms with van der Waals surface area (Å²) in [6, 6.07) is 10.1. The molecule has 0 bridgehead atoms. The molecular weight excluding hydrogens is 288 g/mol. The fourth-order valence-electron chi connectivity index (χ4n) is 2.70. The SMILES string of the molecule is Cc1c2[nH]c3ccccc3c2cc[n+]1CCCS(=O)(=O)[O-]. The van der Waals surface area contributed by atoms with Crippen molar-refractivity contribution in [2.75, 3.05) is 5.75 Å². The molecule has 0 unspecified atom stereocenters. The average Bonchev–Trinajstić information content (AvgIpc) is 2.80. The molecule has 5 nitrogen and oxygen atoms in total. The number of fused-ring (bicyclic) bond motifs is 3. The van der Waals surface area contributed by atoms with Gasteiger partial charge in [-0.2, -0.15) is 0 Å². The summed E-state index contributed by atoms with van der Waals surface area (Å²) in [6.07, 6.45) is 2.26. The predicted molar refractivity (Wildman–Crippen MR) is 79.9 cm³/mol. The van der Waals surface area contributed by atoms with Crippen molar-refractivity contribution < 1.29 is 17.5 Å². The highest BCUT2D eigenvalue weighted by atomic mass is 32.2. The van der Waals surface area contributed by atoms with Crippen LogP contribution in [0.25, 0.3) is 21.8 Å². The first kappa shape index (κ1) is 14.0. The van der Waals surface area contributed by atoms with Crippen molar-refractivity contribution in [3.8, 4) is 0 Å². The number of hydrogen-bond acceptors (Lipinski definition) is 3. The molecule has 2 aromatic heterocycles. The van der Waals surface area contributed by atoms with E-state index in [4.69, 9.17) is 0 Å². The zero-order chi connectivity index (χ0) is 15.0. The highest BCUT2D eigenvalue weighted by molar-refractivity contribution is 7.85. The maximum atomic E-state index is 10.7. The van der Waals surface area contributed by atoms with Crippen LogP contribution in [-0.2, 0) is 16.7 Å². The van der Waals surface area contributed by atoms with Gasteiger partial charge in [-0.3, -0.25) is 0 Å². The highest BCUT2D eigenvalue weighted by Gasteiger charge is 2.14. The molecule has 1 N–H and O–H groups in total. The number of nitrogens with zero attached hydrogens (tertiary/aromatic N) is 1. The third-order valence-electron chi connectivity index (χ3n) is 3.75. The maximum absolute atomic E-state index is 10.7. The van der Waals surface area contributed by atoms with Crippen LogP contribution < -0.4 is 4.57 Å². The average molecular weight is 304 g/mol. The number of aryl methyl sites for hydroxylation is 2. The first-order valence-electron chi connectivity index (χ1n) is 6.79. The van der Waals surface area contributed by atoms with Crippen LogP contribution in [0.3, 0.4) is 0 Å². The van der Waals surface area contributed by atoms with Gasteiger partial charge in [-0.15, -0.1) is 0 Å². The summed E-state index contributed by atoms with van der Waals surface area (Å²) < 4.78 is 34.0. The smallest absolute Gasteiger partial charge is 0.202 e. The summed E-state index contributed by atoms with van der Waals surface area (Å²) in [5, 5.41) is 2.32. The van der Waals surface area contributed by atoms with Crippen LogP contribution in [-0.4, -0.2) is 23.7 Å². The molecule has 0 aliphatic rings. The van der Waals surface area contributed by atoms with E-state index < -0.39 is 10.1 Å². The van der Waals surface area contributed by atoms with E-state index in [0.717, 1.165) is 22.1 Å². The number of pyridine rings is 1. The van der Waals surface area contributed by atoms with E-state index in [-0.39, 0.29) is 5.75 Å². The fraction of sp³-hybridized carbons (Fsp3) is 0.267. The lowest BCUT2D eigenvalue weighted by Gasteiger charge is -2.05. The highest BCUT2D eigenvalue weighted by Crippen LogP contribution is 2.25. The van der Waals surface area contributed by atoms with Gasteiger partial charge < -0.3 is 9.54 Å². The Morgan fingerprint density at radius 2 is 1.95 bits per heavy atom. The van der Waals surface area contributed by atoms with Crippen LogP contribution in [0.5, 0.6) is 0 Å². The van der Waals surface area contributed by atoms with Gasteiger partial charge in [0.2, 0.25) is 5.69 Å². The summed E-state index contributed by atoms with van der Waals surface area (Å²) in [6.45, 7) is 2.50. The third kappa shape index (κ3) is 2.77. The number of aromatic amines is 1. The number of para-hydroxylation sites is 1. The molecule has 2 heterocycles. The van der Waals surface area contributed by atoms with Crippen LogP contribution in [0.2, 0.25) is 0 Å². The maximum Gasteiger partial charge on any atom is 0.202 e. The van der Waals surface area contributed by atoms with E-state index in [1.54, 1.807) is 0 Å². The Kier molecular flexibility index (Phi) is 3.43. The summed E-state index contributed by atoms with van der Waals surface area (Å²) in [4.78, 5) is 3.39. The van der Waals surface area contributed by atoms with Gasteiger partial charge in [-0.25, -0.2) is 13.0 Å². The van der Waals surface area contributed by atoms with E-state index >= 15 is 0 Å². The van der Waals surface area contributed by atoms with E-state index in [1.165, 1.54) is 5.39 Å². The van der Waals surface area contributed by atoms with Gasteiger partial charge in [-0.05, 0) is 6.07 Å². The minimum Gasteiger partial charge on any atom is -0.748 e. The summed E-state index contributed by atoms with van der Waals surface area (Å²) in [7, 11) is -4.14. The van der Waals surface area contributed by atoms with Crippen LogP contribution in [0.1, 0.15) is 12.1 Å². The number of nitrogens with one attached hydrogen (secondary N) is 1. The molecule has 110 valence electrons. The lowest BCUT2D eigenvalue weighted by Crippen LogP contribution is -2.37. The number of H-pyrrole nitrogens is 1. The number of aromatic nitrogens is 2. The molecule has 6 heteroatoms. The minimum absolute atomic E-state index is 0.322. The molecule has 21 heavy (non-hydrogen) atoms. The van der Waals surface area contributed by atoms with E-state index in [1.807, 2.05) is 42.0 Å². The Bertz CT molecular complexity index is 913. The van der Waals surface area contributed by atoms with E-state index in [2.05, 4.69) is 11.1 Å². The summed E-state index contributed by atoms with van der Waals surface area (Å²) >= 11 is 0. The van der Waals surface area contributed by atoms with Gasteiger partial charge in [0.15, 0.2) is 6.20 Å². The van der Waals surface area contributed by atoms with Crippen molar-refractivity contribution in [2.45, 2.75) is 19.9 Å². The van der Waals surface area contributed by atoms with Crippen LogP contribution in [0.15, 0.2) is 36.5 Å². The molecule has 0 amide bonds. The first-order valence-corrected chi connectivity index (χ1v) is 8.36. The van der Waals surface area contributed by atoms with E-state index in [0.29, 0.717) is 13.0 Å². The zero-order valence-corrected chi connectivity index (χ0v) is 12.5. The minimum atomic E-state index is -4.14. The third-order valence-corrected chi connectivity index (χ3v) is 4.54. The van der Waals surface area contributed by atoms with Crippen molar-refractivity contribution in [2.24, 2.45) is 0 Å². The van der Waals surface area contributed by atoms with Crippen LogP contribution in [0, 0.1) is 6.92 Å². The van der Waals surface area contributed by atoms with Crippen molar-refractivity contribution in [3.63, 3.8) is 0 Å². The number of benzene rings is 1. The molecule has 3 rings (SSSR count). The summed E-state index contributed by atoms with van der Waals surface area (Å²) in [5.74, 6) is -0.329. The quantitative estimate of drug-likeness (QED) is 0.590. The van der Waals surface area contributed by atoms with Gasteiger partial charge in [0, 0.05) is 41.5 Å². The van der Waals surface area contributed by atoms with Gasteiger partial charge in [0.1, 0.15) is 12.1 Å². The normalized spacial score (nSPS) is 12.3. The molecule has 0 spiro atoms. The van der Waals surface area contributed by atoms with Crippen LogP contribution >= 0.6 is 0 Å². The molecule has 1 aromatic carbocycles. The van der Waals surface area contributed by atoms with Gasteiger partial charge in [0.25, 0.3) is 0 Å².